The van der Waals surface area contributed by atoms with Crippen molar-refractivity contribution in [3.8, 4) is 0 Å². The predicted molar refractivity (Wildman–Crippen MR) is 97.4 cm³/mol. The molecule has 2 heterocycles. The van der Waals surface area contributed by atoms with Gasteiger partial charge in [0.1, 0.15) is 11.6 Å². The lowest BCUT2D eigenvalue weighted by Crippen LogP contribution is -2.41. The SMILES string of the molecule is Cc1nc2cccc(NC(=O)C3CCC(=O)N3Cc3ccccc3)c2o1. The van der Waals surface area contributed by atoms with Crippen molar-refractivity contribution in [3.63, 3.8) is 0 Å². The summed E-state index contributed by atoms with van der Waals surface area (Å²) in [5, 5.41) is 2.91. The number of hydrogen-bond donors (Lipinski definition) is 1. The van der Waals surface area contributed by atoms with E-state index in [0.717, 1.165) is 5.56 Å². The summed E-state index contributed by atoms with van der Waals surface area (Å²) in [5.74, 6) is 0.347. The van der Waals surface area contributed by atoms with E-state index in [1.807, 2.05) is 42.5 Å². The maximum absolute atomic E-state index is 12.8. The number of nitrogens with zero attached hydrogens (tertiary/aromatic N) is 2. The molecule has 0 aliphatic carbocycles. The van der Waals surface area contributed by atoms with Crippen LogP contribution in [0.2, 0.25) is 0 Å². The molecule has 1 aliphatic rings. The number of benzene rings is 2. The number of hydrogen-bond acceptors (Lipinski definition) is 4. The van der Waals surface area contributed by atoms with Crippen molar-refractivity contribution in [1.29, 1.82) is 0 Å². The standard InChI is InChI=1S/C20H19N3O3/c1-13-21-15-8-5-9-16(19(15)26-13)22-20(25)17-10-11-18(24)23(17)12-14-6-3-2-4-7-14/h2-9,17H,10-12H2,1H3,(H,22,25). The highest BCUT2D eigenvalue weighted by atomic mass is 16.3. The normalized spacial score (nSPS) is 17.0. The highest BCUT2D eigenvalue weighted by Crippen LogP contribution is 2.27. The van der Waals surface area contributed by atoms with Crippen LogP contribution in [0.1, 0.15) is 24.3 Å². The van der Waals surface area contributed by atoms with E-state index in [1.165, 1.54) is 0 Å². The Kier molecular flexibility index (Phi) is 4.16. The Bertz CT molecular complexity index is 965. The number of nitrogens with one attached hydrogen (secondary N) is 1. The van der Waals surface area contributed by atoms with Crippen molar-refractivity contribution in [2.24, 2.45) is 0 Å². The minimum atomic E-state index is -0.484. The molecule has 0 radical (unpaired) electrons. The van der Waals surface area contributed by atoms with Gasteiger partial charge in [0.05, 0.1) is 5.69 Å². The molecule has 1 unspecified atom stereocenters. The number of rotatable bonds is 4. The van der Waals surface area contributed by atoms with Crippen molar-refractivity contribution in [3.05, 3.63) is 60.0 Å². The molecule has 26 heavy (non-hydrogen) atoms. The summed E-state index contributed by atoms with van der Waals surface area (Å²) >= 11 is 0. The fourth-order valence-electron chi connectivity index (χ4n) is 3.36. The van der Waals surface area contributed by atoms with E-state index < -0.39 is 6.04 Å². The van der Waals surface area contributed by atoms with Gasteiger partial charge in [0.2, 0.25) is 11.8 Å². The third-order valence-electron chi connectivity index (χ3n) is 4.61. The van der Waals surface area contributed by atoms with E-state index in [1.54, 1.807) is 17.9 Å². The van der Waals surface area contributed by atoms with E-state index >= 15 is 0 Å². The third-order valence-corrected chi connectivity index (χ3v) is 4.61. The van der Waals surface area contributed by atoms with Gasteiger partial charge in [-0.25, -0.2) is 4.98 Å². The second-order valence-electron chi connectivity index (χ2n) is 6.44. The minimum absolute atomic E-state index is 0.00252. The molecule has 0 spiro atoms. The maximum Gasteiger partial charge on any atom is 0.247 e. The highest BCUT2D eigenvalue weighted by Gasteiger charge is 2.36. The summed E-state index contributed by atoms with van der Waals surface area (Å²) in [6.45, 7) is 2.20. The summed E-state index contributed by atoms with van der Waals surface area (Å²) in [5.41, 5.74) is 2.84. The molecular weight excluding hydrogens is 330 g/mol. The molecule has 0 bridgehead atoms. The smallest absolute Gasteiger partial charge is 0.247 e. The van der Waals surface area contributed by atoms with Gasteiger partial charge in [-0.3, -0.25) is 9.59 Å². The third kappa shape index (κ3) is 3.06. The van der Waals surface area contributed by atoms with Crippen LogP contribution in [0.4, 0.5) is 5.69 Å². The van der Waals surface area contributed by atoms with Gasteiger partial charge in [0.15, 0.2) is 11.5 Å². The van der Waals surface area contributed by atoms with Crippen LogP contribution in [-0.4, -0.2) is 27.7 Å². The second-order valence-corrected chi connectivity index (χ2v) is 6.44. The van der Waals surface area contributed by atoms with Gasteiger partial charge in [-0.2, -0.15) is 0 Å². The van der Waals surface area contributed by atoms with Crippen LogP contribution >= 0.6 is 0 Å². The van der Waals surface area contributed by atoms with Crippen molar-refractivity contribution in [1.82, 2.24) is 9.88 Å². The Hall–Kier alpha value is -3.15. The molecule has 1 aromatic heterocycles. The topological polar surface area (TPSA) is 75.4 Å². The first kappa shape index (κ1) is 16.3. The molecular formula is C20H19N3O3. The van der Waals surface area contributed by atoms with Crippen molar-refractivity contribution >= 4 is 28.6 Å². The molecule has 1 aliphatic heterocycles. The number of amides is 2. The number of fused-ring (bicyclic) bond motifs is 1. The molecule has 132 valence electrons. The first-order valence-electron chi connectivity index (χ1n) is 8.62. The number of carbonyl (C=O) groups is 2. The average Bonchev–Trinajstić information content (AvgIpc) is 3.19. The van der Waals surface area contributed by atoms with Crippen LogP contribution in [0.3, 0.4) is 0 Å². The summed E-state index contributed by atoms with van der Waals surface area (Å²) in [7, 11) is 0. The number of aryl methyl sites for hydroxylation is 1. The Labute approximate surface area is 150 Å². The van der Waals surface area contributed by atoms with Crippen LogP contribution in [0.25, 0.3) is 11.1 Å². The minimum Gasteiger partial charge on any atom is -0.439 e. The second kappa shape index (κ2) is 6.63. The van der Waals surface area contributed by atoms with Crippen LogP contribution in [0.15, 0.2) is 52.9 Å². The fraction of sp³-hybridized carbons (Fsp3) is 0.250. The van der Waals surface area contributed by atoms with Gasteiger partial charge in [-0.15, -0.1) is 0 Å². The lowest BCUT2D eigenvalue weighted by molar-refractivity contribution is -0.133. The maximum atomic E-state index is 12.8. The quantitative estimate of drug-likeness (QED) is 0.784. The molecule has 4 rings (SSSR count). The van der Waals surface area contributed by atoms with Gasteiger partial charge in [-0.05, 0) is 24.1 Å². The molecule has 1 N–H and O–H groups in total. The number of aromatic nitrogens is 1. The van der Waals surface area contributed by atoms with E-state index in [4.69, 9.17) is 4.42 Å². The average molecular weight is 349 g/mol. The zero-order chi connectivity index (χ0) is 18.1. The molecule has 1 fully saturated rings. The van der Waals surface area contributed by atoms with Crippen LogP contribution < -0.4 is 5.32 Å². The summed E-state index contributed by atoms with van der Waals surface area (Å²) < 4.78 is 5.60. The van der Waals surface area contributed by atoms with Gasteiger partial charge in [-0.1, -0.05) is 36.4 Å². The van der Waals surface area contributed by atoms with Crippen molar-refractivity contribution in [2.75, 3.05) is 5.32 Å². The van der Waals surface area contributed by atoms with Gasteiger partial charge < -0.3 is 14.6 Å². The van der Waals surface area contributed by atoms with Gasteiger partial charge in [0, 0.05) is 19.9 Å². The molecule has 2 amide bonds. The number of carbonyl (C=O) groups excluding carboxylic acids is 2. The summed E-state index contributed by atoms with van der Waals surface area (Å²) in [6, 6.07) is 14.7. The van der Waals surface area contributed by atoms with Crippen LogP contribution in [0.5, 0.6) is 0 Å². The zero-order valence-electron chi connectivity index (χ0n) is 14.4. The van der Waals surface area contributed by atoms with Crippen LogP contribution in [0, 0.1) is 6.92 Å². The van der Waals surface area contributed by atoms with Crippen molar-refractivity contribution in [2.45, 2.75) is 32.4 Å². The molecule has 2 aromatic carbocycles. The van der Waals surface area contributed by atoms with E-state index in [0.29, 0.717) is 42.1 Å². The number of anilines is 1. The van der Waals surface area contributed by atoms with E-state index in [9.17, 15) is 9.59 Å². The Morgan fingerprint density at radius 2 is 2.04 bits per heavy atom. The number of likely N-dealkylation sites (tertiary alicyclic amines) is 1. The summed E-state index contributed by atoms with van der Waals surface area (Å²) in [4.78, 5) is 31.1. The van der Waals surface area contributed by atoms with Gasteiger partial charge >= 0.3 is 0 Å². The van der Waals surface area contributed by atoms with Crippen molar-refractivity contribution < 1.29 is 14.0 Å². The molecule has 3 aromatic rings. The summed E-state index contributed by atoms with van der Waals surface area (Å²) in [6.07, 6.45) is 0.902. The molecule has 6 heteroatoms. The Morgan fingerprint density at radius 1 is 1.23 bits per heavy atom. The first-order valence-corrected chi connectivity index (χ1v) is 8.62. The number of para-hydroxylation sites is 1. The largest absolute Gasteiger partial charge is 0.439 e. The predicted octanol–water partition coefficient (Wildman–Crippen LogP) is 3.27. The highest BCUT2D eigenvalue weighted by molar-refractivity contribution is 6.03. The van der Waals surface area contributed by atoms with Gasteiger partial charge in [0.25, 0.3) is 0 Å². The lowest BCUT2D eigenvalue weighted by atomic mass is 10.1. The zero-order valence-corrected chi connectivity index (χ0v) is 14.4. The lowest BCUT2D eigenvalue weighted by Gasteiger charge is -2.24. The molecule has 1 atom stereocenters. The Balaban J connectivity index is 1.55. The molecule has 1 saturated heterocycles. The van der Waals surface area contributed by atoms with E-state index in [-0.39, 0.29) is 11.8 Å². The molecule has 6 nitrogen and oxygen atoms in total. The Morgan fingerprint density at radius 3 is 2.85 bits per heavy atom. The van der Waals surface area contributed by atoms with E-state index in [2.05, 4.69) is 10.3 Å². The van der Waals surface area contributed by atoms with Crippen LogP contribution in [-0.2, 0) is 16.1 Å². The number of oxazole rings is 1. The molecule has 0 saturated carbocycles. The monoisotopic (exact) mass is 349 g/mol. The first-order chi connectivity index (χ1) is 12.6. The fourth-order valence-corrected chi connectivity index (χ4v) is 3.36.